The number of nitrogens with one attached hydrogen (secondary N) is 1. The van der Waals surface area contributed by atoms with E-state index in [4.69, 9.17) is 9.15 Å². The molecule has 1 N–H and O–H groups in total. The maximum atomic E-state index is 11.6. The zero-order chi connectivity index (χ0) is 16.8. The van der Waals surface area contributed by atoms with Gasteiger partial charge in [0, 0.05) is 24.6 Å². The van der Waals surface area contributed by atoms with Gasteiger partial charge < -0.3 is 14.1 Å². The van der Waals surface area contributed by atoms with Crippen LogP contribution in [0.5, 0.6) is 5.75 Å². The maximum Gasteiger partial charge on any atom is 0.277 e. The molecule has 122 valence electrons. The number of hydrogen-bond acceptors (Lipinski definition) is 5. The van der Waals surface area contributed by atoms with Gasteiger partial charge in [-0.25, -0.2) is 5.43 Å². The summed E-state index contributed by atoms with van der Waals surface area (Å²) in [5.74, 6) is 1.45. The number of amides is 1. The van der Waals surface area contributed by atoms with Gasteiger partial charge in [0.15, 0.2) is 12.4 Å². The zero-order valence-corrected chi connectivity index (χ0v) is 15.7. The highest BCUT2D eigenvalue weighted by Crippen LogP contribution is 2.27. The molecule has 0 spiro atoms. The molecule has 0 unspecified atom stereocenters. The molecule has 1 aromatic carbocycles. The smallest absolute Gasteiger partial charge is 0.277 e. The quantitative estimate of drug-likeness (QED) is 0.547. The summed E-state index contributed by atoms with van der Waals surface area (Å²) in [4.78, 5) is 13.5. The van der Waals surface area contributed by atoms with Crippen molar-refractivity contribution in [2.45, 2.75) is 0 Å². The number of furan rings is 1. The van der Waals surface area contributed by atoms with Gasteiger partial charge in [-0.15, -0.1) is 0 Å². The van der Waals surface area contributed by atoms with Gasteiger partial charge in [-0.2, -0.15) is 5.10 Å². The molecular weight excluding hydrogens is 430 g/mol. The molecule has 0 saturated heterocycles. The monoisotopic (exact) mass is 443 g/mol. The number of benzene rings is 1. The molecule has 8 heteroatoms. The predicted molar refractivity (Wildman–Crippen MR) is 96.1 cm³/mol. The largest absolute Gasteiger partial charge is 0.484 e. The van der Waals surface area contributed by atoms with E-state index in [1.54, 1.807) is 18.2 Å². The molecule has 0 aliphatic carbocycles. The summed E-state index contributed by atoms with van der Waals surface area (Å²) in [7, 11) is 3.73. The number of hydrogen-bond donors (Lipinski definition) is 1. The average Bonchev–Trinajstić information content (AvgIpc) is 2.88. The van der Waals surface area contributed by atoms with E-state index < -0.39 is 0 Å². The number of carbonyl (C=O) groups is 1. The Morgan fingerprint density at radius 2 is 2.04 bits per heavy atom. The molecule has 1 amide bonds. The first-order valence-corrected chi connectivity index (χ1v) is 8.21. The van der Waals surface area contributed by atoms with Crippen LogP contribution in [0, 0.1) is 0 Å². The maximum absolute atomic E-state index is 11.6. The summed E-state index contributed by atoms with van der Waals surface area (Å²) in [6.07, 6.45) is 1.43. The minimum atomic E-state index is -0.359. The van der Waals surface area contributed by atoms with Crippen LogP contribution >= 0.6 is 31.9 Å². The van der Waals surface area contributed by atoms with Crippen molar-refractivity contribution >= 4 is 49.9 Å². The number of ether oxygens (including phenoxy) is 1. The second-order valence-corrected chi connectivity index (χ2v) is 6.50. The highest BCUT2D eigenvalue weighted by atomic mass is 79.9. The Balaban J connectivity index is 1.81. The third kappa shape index (κ3) is 5.40. The number of halogens is 2. The summed E-state index contributed by atoms with van der Waals surface area (Å²) in [5.41, 5.74) is 2.38. The number of hydrazone groups is 1. The van der Waals surface area contributed by atoms with Gasteiger partial charge in [-0.05, 0) is 40.2 Å². The SMILES string of the molecule is CN(C)c1oc(/C=N\NC(=O)COc2ccc(Br)cc2)cc1Br. The Morgan fingerprint density at radius 1 is 1.35 bits per heavy atom. The first kappa shape index (κ1) is 17.6. The Hall–Kier alpha value is -1.80. The second kappa shape index (κ2) is 8.16. The predicted octanol–water partition coefficient (Wildman–Crippen LogP) is 3.40. The Bertz CT molecular complexity index is 696. The molecule has 0 aliphatic rings. The van der Waals surface area contributed by atoms with Crippen molar-refractivity contribution in [2.75, 3.05) is 25.6 Å². The molecule has 1 aromatic heterocycles. The molecule has 0 radical (unpaired) electrons. The van der Waals surface area contributed by atoms with Crippen molar-refractivity contribution in [2.24, 2.45) is 5.10 Å². The fourth-order valence-electron chi connectivity index (χ4n) is 1.62. The van der Waals surface area contributed by atoms with E-state index in [1.807, 2.05) is 31.1 Å². The Morgan fingerprint density at radius 3 is 2.65 bits per heavy atom. The summed E-state index contributed by atoms with van der Waals surface area (Å²) in [6, 6.07) is 8.97. The first-order chi connectivity index (χ1) is 11.0. The summed E-state index contributed by atoms with van der Waals surface area (Å²) < 4.78 is 12.6. The van der Waals surface area contributed by atoms with Crippen molar-refractivity contribution in [1.29, 1.82) is 0 Å². The lowest BCUT2D eigenvalue weighted by Gasteiger charge is -2.07. The van der Waals surface area contributed by atoms with Crippen LogP contribution in [0.3, 0.4) is 0 Å². The minimum Gasteiger partial charge on any atom is -0.484 e. The van der Waals surface area contributed by atoms with E-state index in [1.165, 1.54) is 6.21 Å². The fourth-order valence-corrected chi connectivity index (χ4v) is 2.55. The molecule has 0 atom stereocenters. The molecular formula is C15H15Br2N3O3. The third-order valence-corrected chi connectivity index (χ3v) is 3.76. The highest BCUT2D eigenvalue weighted by molar-refractivity contribution is 9.10. The highest BCUT2D eigenvalue weighted by Gasteiger charge is 2.09. The van der Waals surface area contributed by atoms with Gasteiger partial charge in [0.25, 0.3) is 5.91 Å². The van der Waals surface area contributed by atoms with Crippen LogP contribution in [0.1, 0.15) is 5.76 Å². The number of anilines is 1. The lowest BCUT2D eigenvalue weighted by Crippen LogP contribution is -2.24. The van der Waals surface area contributed by atoms with Crippen LogP contribution in [-0.4, -0.2) is 32.8 Å². The van der Waals surface area contributed by atoms with Crippen LogP contribution in [0.2, 0.25) is 0 Å². The summed E-state index contributed by atoms with van der Waals surface area (Å²) >= 11 is 6.71. The van der Waals surface area contributed by atoms with E-state index in [0.717, 1.165) is 8.95 Å². The fraction of sp³-hybridized carbons (Fsp3) is 0.200. The van der Waals surface area contributed by atoms with Crippen molar-refractivity contribution < 1.29 is 13.9 Å². The third-order valence-electron chi connectivity index (χ3n) is 2.66. The topological polar surface area (TPSA) is 67.1 Å². The van der Waals surface area contributed by atoms with E-state index >= 15 is 0 Å². The number of carbonyl (C=O) groups excluding carboxylic acids is 1. The molecule has 0 saturated carbocycles. The van der Waals surface area contributed by atoms with Crippen molar-refractivity contribution in [3.8, 4) is 5.75 Å². The van der Waals surface area contributed by atoms with Gasteiger partial charge in [-0.1, -0.05) is 15.9 Å². The lowest BCUT2D eigenvalue weighted by molar-refractivity contribution is -0.123. The normalized spacial score (nSPS) is 10.8. The molecule has 2 rings (SSSR count). The second-order valence-electron chi connectivity index (χ2n) is 4.73. The van der Waals surface area contributed by atoms with E-state index in [-0.39, 0.29) is 12.5 Å². The van der Waals surface area contributed by atoms with Crippen molar-refractivity contribution in [3.05, 3.63) is 45.0 Å². The number of rotatable bonds is 6. The van der Waals surface area contributed by atoms with Crippen LogP contribution < -0.4 is 15.1 Å². The summed E-state index contributed by atoms with van der Waals surface area (Å²) in [5, 5.41) is 3.84. The van der Waals surface area contributed by atoms with Crippen molar-refractivity contribution in [3.63, 3.8) is 0 Å². The molecule has 23 heavy (non-hydrogen) atoms. The molecule has 0 fully saturated rings. The van der Waals surface area contributed by atoms with Gasteiger partial charge in [0.2, 0.25) is 5.88 Å². The van der Waals surface area contributed by atoms with Crippen LogP contribution in [0.4, 0.5) is 5.88 Å². The average molecular weight is 445 g/mol. The molecule has 6 nitrogen and oxygen atoms in total. The van der Waals surface area contributed by atoms with Gasteiger partial charge >= 0.3 is 0 Å². The molecule has 0 bridgehead atoms. The van der Waals surface area contributed by atoms with E-state index in [9.17, 15) is 4.79 Å². The molecule has 1 heterocycles. The first-order valence-electron chi connectivity index (χ1n) is 6.62. The van der Waals surface area contributed by atoms with Gasteiger partial charge in [0.05, 0.1) is 10.7 Å². The lowest BCUT2D eigenvalue weighted by atomic mass is 10.3. The van der Waals surface area contributed by atoms with Gasteiger partial charge in [-0.3, -0.25) is 4.79 Å². The van der Waals surface area contributed by atoms with Gasteiger partial charge in [0.1, 0.15) is 5.75 Å². The Kier molecular flexibility index (Phi) is 6.23. The van der Waals surface area contributed by atoms with Crippen LogP contribution in [0.25, 0.3) is 0 Å². The minimum absolute atomic E-state index is 0.121. The van der Waals surface area contributed by atoms with Crippen molar-refractivity contribution in [1.82, 2.24) is 5.43 Å². The summed E-state index contributed by atoms with van der Waals surface area (Å²) in [6.45, 7) is -0.121. The Labute approximate surface area is 150 Å². The number of nitrogens with zero attached hydrogens (tertiary/aromatic N) is 2. The van der Waals surface area contributed by atoms with Crippen LogP contribution in [0.15, 0.2) is 48.8 Å². The zero-order valence-electron chi connectivity index (χ0n) is 12.5. The molecule has 0 aliphatic heterocycles. The van der Waals surface area contributed by atoms with Crippen LogP contribution in [-0.2, 0) is 4.79 Å². The molecule has 2 aromatic rings. The standard InChI is InChI=1S/C15H15Br2N3O3/c1-20(2)15-13(17)7-12(23-15)8-18-19-14(21)9-22-11-5-3-10(16)4-6-11/h3-8H,9H2,1-2H3,(H,19,21)/b18-8-. The van der Waals surface area contributed by atoms with E-state index in [2.05, 4.69) is 42.4 Å². The van der Waals surface area contributed by atoms with E-state index in [0.29, 0.717) is 17.4 Å².